The summed E-state index contributed by atoms with van der Waals surface area (Å²) in [6, 6.07) is 25.9. The van der Waals surface area contributed by atoms with Crippen molar-refractivity contribution in [3.63, 3.8) is 0 Å². The second-order valence-electron chi connectivity index (χ2n) is 7.40. The third kappa shape index (κ3) is 4.38. The number of hydrogen-bond acceptors (Lipinski definition) is 1. The molecule has 0 radical (unpaired) electrons. The average molecular weight is 406 g/mol. The van der Waals surface area contributed by atoms with Gasteiger partial charge >= 0.3 is 0 Å². The Morgan fingerprint density at radius 3 is 1.90 bits per heavy atom. The summed E-state index contributed by atoms with van der Waals surface area (Å²) in [6.45, 7) is 3.03. The number of unbranched alkanes of at least 4 members (excludes halogenated alkanes) is 3. The molecule has 4 aromatic rings. The largest absolute Gasteiger partial charge is 1.00 e. The quantitative estimate of drug-likeness (QED) is 0.261. The lowest BCUT2D eigenvalue weighted by atomic mass is 9.96. The minimum atomic E-state index is 0. The standard InChI is InChI=1S/C26H28NO.ClH/c1-3-4-5-10-19-28-21-17-15-20(16-18-21)26-22-11-6-8-13-24(22)27(2)25-14-9-7-12-23(25)26;/h6-9,11-18H,3-5,10,19H2,1-2H3;1H/q+1;/p-1. The number of halogens is 1. The lowest BCUT2D eigenvalue weighted by molar-refractivity contribution is -0.617. The van der Waals surface area contributed by atoms with Crippen molar-refractivity contribution in [3.8, 4) is 16.9 Å². The highest BCUT2D eigenvalue weighted by molar-refractivity contribution is 6.07. The van der Waals surface area contributed by atoms with Crippen LogP contribution in [0.5, 0.6) is 5.75 Å². The second-order valence-corrected chi connectivity index (χ2v) is 7.40. The molecule has 0 aliphatic carbocycles. The normalized spacial score (nSPS) is 10.8. The molecule has 0 aliphatic rings. The van der Waals surface area contributed by atoms with E-state index in [2.05, 4.69) is 91.3 Å². The molecule has 0 atom stereocenters. The van der Waals surface area contributed by atoms with Crippen LogP contribution in [0.1, 0.15) is 32.6 Å². The molecule has 1 heterocycles. The van der Waals surface area contributed by atoms with E-state index in [1.165, 1.54) is 52.2 Å². The summed E-state index contributed by atoms with van der Waals surface area (Å²) in [7, 11) is 2.14. The first-order chi connectivity index (χ1) is 13.8. The lowest BCUT2D eigenvalue weighted by Gasteiger charge is -2.11. The predicted molar refractivity (Wildman–Crippen MR) is 118 cm³/mol. The van der Waals surface area contributed by atoms with Crippen LogP contribution in [0.25, 0.3) is 32.9 Å². The average Bonchev–Trinajstić information content (AvgIpc) is 2.75. The Morgan fingerprint density at radius 1 is 0.724 bits per heavy atom. The Morgan fingerprint density at radius 2 is 1.31 bits per heavy atom. The highest BCUT2D eigenvalue weighted by Crippen LogP contribution is 2.34. The highest BCUT2D eigenvalue weighted by Gasteiger charge is 2.18. The van der Waals surface area contributed by atoms with Crippen LogP contribution >= 0.6 is 0 Å². The maximum atomic E-state index is 5.93. The molecule has 4 rings (SSSR count). The first-order valence-electron chi connectivity index (χ1n) is 10.3. The molecule has 0 fully saturated rings. The Balaban J connectivity index is 0.00000240. The van der Waals surface area contributed by atoms with Crippen LogP contribution in [0.15, 0.2) is 72.8 Å². The SMILES string of the molecule is CCCCCCOc1ccc(-c2c3ccccc3[n+](C)c3ccccc23)cc1.[Cl-]. The maximum absolute atomic E-state index is 5.93. The topological polar surface area (TPSA) is 13.1 Å². The molecule has 150 valence electrons. The molecular formula is C26H28ClNO. The summed E-state index contributed by atoms with van der Waals surface area (Å²) in [5, 5.41) is 2.55. The van der Waals surface area contributed by atoms with Crippen molar-refractivity contribution in [2.45, 2.75) is 32.6 Å². The van der Waals surface area contributed by atoms with Crippen LogP contribution in [0.3, 0.4) is 0 Å². The summed E-state index contributed by atoms with van der Waals surface area (Å²) >= 11 is 0. The van der Waals surface area contributed by atoms with Gasteiger partial charge in [-0.05, 0) is 36.2 Å². The van der Waals surface area contributed by atoms with Gasteiger partial charge in [0.25, 0.3) is 0 Å². The third-order valence-electron chi connectivity index (χ3n) is 5.48. The highest BCUT2D eigenvalue weighted by atomic mass is 35.5. The molecule has 0 bridgehead atoms. The monoisotopic (exact) mass is 405 g/mol. The molecule has 0 saturated carbocycles. The number of nitrogens with zero attached hydrogens (tertiary/aromatic N) is 1. The molecule has 0 aliphatic heterocycles. The predicted octanol–water partition coefficient (Wildman–Crippen LogP) is 3.45. The van der Waals surface area contributed by atoms with E-state index in [0.717, 1.165) is 18.8 Å². The molecule has 3 heteroatoms. The number of para-hydroxylation sites is 2. The van der Waals surface area contributed by atoms with Gasteiger partial charge in [-0.15, -0.1) is 0 Å². The van der Waals surface area contributed by atoms with Gasteiger partial charge in [-0.1, -0.05) is 62.6 Å². The number of pyridine rings is 1. The summed E-state index contributed by atoms with van der Waals surface area (Å²) in [4.78, 5) is 0. The summed E-state index contributed by atoms with van der Waals surface area (Å²) < 4.78 is 8.21. The van der Waals surface area contributed by atoms with E-state index in [9.17, 15) is 0 Å². The third-order valence-corrected chi connectivity index (χ3v) is 5.48. The van der Waals surface area contributed by atoms with E-state index >= 15 is 0 Å². The molecule has 0 amide bonds. The van der Waals surface area contributed by atoms with Crippen LogP contribution in [0.2, 0.25) is 0 Å². The number of benzene rings is 3. The van der Waals surface area contributed by atoms with Crippen molar-refractivity contribution >= 4 is 21.8 Å². The van der Waals surface area contributed by atoms with Crippen LogP contribution in [0, 0.1) is 0 Å². The van der Waals surface area contributed by atoms with Crippen molar-refractivity contribution < 1.29 is 21.7 Å². The Kier molecular flexibility index (Phi) is 7.11. The zero-order chi connectivity index (χ0) is 19.3. The van der Waals surface area contributed by atoms with Gasteiger partial charge in [0.2, 0.25) is 11.0 Å². The van der Waals surface area contributed by atoms with E-state index < -0.39 is 0 Å². The van der Waals surface area contributed by atoms with Crippen LogP contribution in [-0.2, 0) is 7.05 Å². The fourth-order valence-corrected chi connectivity index (χ4v) is 3.98. The number of aryl methyl sites for hydroxylation is 1. The molecule has 3 aromatic carbocycles. The molecule has 0 spiro atoms. The van der Waals surface area contributed by atoms with Crippen molar-refractivity contribution in [1.29, 1.82) is 0 Å². The van der Waals surface area contributed by atoms with Crippen LogP contribution < -0.4 is 21.7 Å². The van der Waals surface area contributed by atoms with Gasteiger partial charge in [-0.3, -0.25) is 0 Å². The zero-order valence-corrected chi connectivity index (χ0v) is 18.0. The van der Waals surface area contributed by atoms with Gasteiger partial charge in [0, 0.05) is 17.7 Å². The fraction of sp³-hybridized carbons (Fsp3) is 0.269. The smallest absolute Gasteiger partial charge is 0.213 e. The number of rotatable bonds is 7. The van der Waals surface area contributed by atoms with Crippen molar-refractivity contribution in [2.24, 2.45) is 7.05 Å². The van der Waals surface area contributed by atoms with Gasteiger partial charge in [0.1, 0.15) is 12.8 Å². The number of aromatic nitrogens is 1. The van der Waals surface area contributed by atoms with Crippen LogP contribution in [-0.4, -0.2) is 6.61 Å². The Hall–Kier alpha value is -2.58. The molecule has 1 aromatic heterocycles. The summed E-state index contributed by atoms with van der Waals surface area (Å²) in [6.07, 6.45) is 4.91. The fourth-order valence-electron chi connectivity index (χ4n) is 3.98. The zero-order valence-electron chi connectivity index (χ0n) is 17.2. The minimum absolute atomic E-state index is 0. The van der Waals surface area contributed by atoms with E-state index in [-0.39, 0.29) is 12.4 Å². The molecule has 29 heavy (non-hydrogen) atoms. The molecule has 0 N–H and O–H groups in total. The van der Waals surface area contributed by atoms with E-state index in [1.54, 1.807) is 0 Å². The van der Waals surface area contributed by atoms with Gasteiger partial charge in [-0.2, -0.15) is 4.57 Å². The first kappa shape index (κ1) is 21.1. The van der Waals surface area contributed by atoms with Crippen LogP contribution in [0.4, 0.5) is 0 Å². The van der Waals surface area contributed by atoms with Gasteiger partial charge in [0.15, 0.2) is 0 Å². The molecule has 0 unspecified atom stereocenters. The van der Waals surface area contributed by atoms with Gasteiger partial charge in [-0.25, -0.2) is 0 Å². The number of fused-ring (bicyclic) bond motifs is 2. The first-order valence-corrected chi connectivity index (χ1v) is 10.3. The summed E-state index contributed by atoms with van der Waals surface area (Å²) in [5.74, 6) is 0.954. The van der Waals surface area contributed by atoms with E-state index in [4.69, 9.17) is 4.74 Å². The van der Waals surface area contributed by atoms with Crippen molar-refractivity contribution in [1.82, 2.24) is 0 Å². The Bertz CT molecular complexity index is 1030. The van der Waals surface area contributed by atoms with Gasteiger partial charge in [0.05, 0.1) is 17.4 Å². The number of hydrogen-bond donors (Lipinski definition) is 0. The van der Waals surface area contributed by atoms with Crippen molar-refractivity contribution in [2.75, 3.05) is 6.61 Å². The minimum Gasteiger partial charge on any atom is -1.00 e. The van der Waals surface area contributed by atoms with E-state index in [0.29, 0.717) is 0 Å². The Labute approximate surface area is 179 Å². The number of ether oxygens (including phenoxy) is 1. The van der Waals surface area contributed by atoms with Crippen molar-refractivity contribution in [3.05, 3.63) is 72.8 Å². The molecule has 0 saturated heterocycles. The van der Waals surface area contributed by atoms with Gasteiger partial charge < -0.3 is 17.1 Å². The van der Waals surface area contributed by atoms with E-state index in [1.807, 2.05) is 0 Å². The molecular weight excluding hydrogens is 378 g/mol. The maximum Gasteiger partial charge on any atom is 0.213 e. The lowest BCUT2D eigenvalue weighted by Crippen LogP contribution is -3.00. The second kappa shape index (κ2) is 9.76. The summed E-state index contributed by atoms with van der Waals surface area (Å²) in [5.41, 5.74) is 5.00. The molecule has 2 nitrogen and oxygen atoms in total.